The average Bonchev–Trinajstić information content (AvgIpc) is 3.51. The number of furan rings is 1. The van der Waals surface area contributed by atoms with Crippen LogP contribution < -0.4 is 10.3 Å². The second-order valence-corrected chi connectivity index (χ2v) is 8.88. The molecule has 4 rings (SSSR count). The van der Waals surface area contributed by atoms with Crippen LogP contribution in [-0.4, -0.2) is 49.0 Å². The number of likely N-dealkylation sites (N-methyl/N-ethyl adjacent to an activating group) is 2. The van der Waals surface area contributed by atoms with Crippen molar-refractivity contribution in [1.82, 2.24) is 15.3 Å². The van der Waals surface area contributed by atoms with E-state index in [1.54, 1.807) is 6.07 Å². The number of aromatic nitrogens is 1. The number of fused-ring (bicyclic) bond motifs is 2. The molecule has 2 heterocycles. The highest BCUT2D eigenvalue weighted by atomic mass is 16.3. The number of aromatic amines is 1. The number of carbonyl (C=O) groups excluding carboxylic acids is 1. The minimum atomic E-state index is -0.536. The molecular weight excluding hydrogens is 454 g/mol. The van der Waals surface area contributed by atoms with Crippen LogP contribution in [0.25, 0.3) is 21.9 Å². The number of rotatable bonds is 12. The summed E-state index contributed by atoms with van der Waals surface area (Å²) in [6, 6.07) is 15.5. The summed E-state index contributed by atoms with van der Waals surface area (Å²) >= 11 is 0. The van der Waals surface area contributed by atoms with Gasteiger partial charge in [0.2, 0.25) is 0 Å². The molecule has 0 radical (unpaired) electrons. The lowest BCUT2D eigenvalue weighted by molar-refractivity contribution is 0.0925. The molecule has 1 amide bonds. The van der Waals surface area contributed by atoms with Crippen molar-refractivity contribution in [3.63, 3.8) is 0 Å². The fourth-order valence-electron chi connectivity index (χ4n) is 4.44. The van der Waals surface area contributed by atoms with Gasteiger partial charge in [0.15, 0.2) is 5.76 Å². The number of nitrogens with one attached hydrogen (secondary N) is 3. The van der Waals surface area contributed by atoms with Crippen molar-refractivity contribution >= 4 is 33.5 Å². The molecule has 0 bridgehead atoms. The first-order valence-corrected chi connectivity index (χ1v) is 12.2. The van der Waals surface area contributed by atoms with Crippen molar-refractivity contribution < 1.29 is 9.21 Å². The third kappa shape index (κ3) is 5.73. The Labute approximate surface area is 210 Å². The van der Waals surface area contributed by atoms with E-state index in [4.69, 9.17) is 9.95 Å². The lowest BCUT2D eigenvalue weighted by Crippen LogP contribution is -2.33. The van der Waals surface area contributed by atoms with Gasteiger partial charge < -0.3 is 19.2 Å². The second kappa shape index (κ2) is 11.5. The number of hydrogen-bond acceptors (Lipinski definition) is 7. The molecule has 0 aliphatic heterocycles. The number of H-pyrrole nitrogens is 1. The standard InChI is InChI=1S/C27H31N7O2/c1-3-34(11-5-4-6-20-18-30-24-9-7-19(17-28)14-23(20)24)13-12-33(2)22-8-10-25-21(15-22)16-26(36-25)27(35)31-32-29/h7-10,14-16,18,30H,3-6,11-13H2,1-2H3,(H2,29,31,35). The molecule has 0 atom stereocenters. The minimum Gasteiger partial charge on any atom is -0.451 e. The number of aryl methyl sites for hydroxylation is 1. The van der Waals surface area contributed by atoms with Crippen LogP contribution in [0.4, 0.5) is 5.69 Å². The summed E-state index contributed by atoms with van der Waals surface area (Å²) in [4.78, 5) is 19.8. The molecule has 3 N–H and O–H groups in total. The van der Waals surface area contributed by atoms with E-state index in [1.165, 1.54) is 5.56 Å². The SMILES string of the molecule is CCN(CCCCc1c[nH]c2ccc(C#N)cc12)CCN(C)c1ccc2oc(C(=O)NN=N)cc2c1. The third-order valence-corrected chi connectivity index (χ3v) is 6.59. The van der Waals surface area contributed by atoms with E-state index in [0.717, 1.165) is 67.4 Å². The van der Waals surface area contributed by atoms with Crippen LogP contribution in [0.3, 0.4) is 0 Å². The number of anilines is 1. The summed E-state index contributed by atoms with van der Waals surface area (Å²) < 4.78 is 5.55. The van der Waals surface area contributed by atoms with E-state index >= 15 is 0 Å². The van der Waals surface area contributed by atoms with Gasteiger partial charge in [-0.25, -0.2) is 5.43 Å². The van der Waals surface area contributed by atoms with Crippen LogP contribution in [0.5, 0.6) is 0 Å². The van der Waals surface area contributed by atoms with E-state index in [2.05, 4.69) is 51.7 Å². The lowest BCUT2D eigenvalue weighted by atomic mass is 10.1. The fraction of sp³-hybridized carbons (Fsp3) is 0.333. The number of amides is 1. The van der Waals surface area contributed by atoms with Gasteiger partial charge in [0.1, 0.15) is 5.58 Å². The monoisotopic (exact) mass is 485 g/mol. The molecule has 2 aromatic carbocycles. The molecule has 9 nitrogen and oxygen atoms in total. The maximum absolute atomic E-state index is 11.9. The van der Waals surface area contributed by atoms with Crippen LogP contribution in [0.1, 0.15) is 41.4 Å². The largest absolute Gasteiger partial charge is 0.451 e. The summed E-state index contributed by atoms with van der Waals surface area (Å²) in [5, 5.41) is 14.1. The predicted molar refractivity (Wildman–Crippen MR) is 140 cm³/mol. The van der Waals surface area contributed by atoms with Crippen LogP contribution in [0, 0.1) is 16.9 Å². The first-order chi connectivity index (χ1) is 17.5. The zero-order valence-corrected chi connectivity index (χ0v) is 20.7. The van der Waals surface area contributed by atoms with Crippen molar-refractivity contribution in [2.75, 3.05) is 38.1 Å². The van der Waals surface area contributed by atoms with E-state index in [-0.39, 0.29) is 5.76 Å². The Hall–Kier alpha value is -4.16. The molecule has 0 spiro atoms. The Morgan fingerprint density at radius 2 is 2.03 bits per heavy atom. The van der Waals surface area contributed by atoms with E-state index < -0.39 is 5.91 Å². The maximum Gasteiger partial charge on any atom is 0.308 e. The molecule has 0 saturated carbocycles. The van der Waals surface area contributed by atoms with Gasteiger partial charge in [-0.3, -0.25) is 4.79 Å². The molecule has 0 unspecified atom stereocenters. The third-order valence-electron chi connectivity index (χ3n) is 6.59. The normalized spacial score (nSPS) is 11.2. The minimum absolute atomic E-state index is 0.135. The molecule has 0 fully saturated rings. The van der Waals surface area contributed by atoms with Gasteiger partial charge in [0.25, 0.3) is 0 Å². The maximum atomic E-state index is 11.9. The van der Waals surface area contributed by atoms with Gasteiger partial charge in [-0.15, -0.1) is 0 Å². The number of benzene rings is 2. The molecule has 2 aromatic heterocycles. The summed E-state index contributed by atoms with van der Waals surface area (Å²) in [5.41, 5.74) is 13.6. The Kier molecular flexibility index (Phi) is 7.98. The molecule has 4 aromatic rings. The zero-order valence-electron chi connectivity index (χ0n) is 20.7. The molecule has 186 valence electrons. The Morgan fingerprint density at radius 1 is 1.17 bits per heavy atom. The molecular formula is C27H31N7O2. The highest BCUT2D eigenvalue weighted by molar-refractivity contribution is 5.96. The summed E-state index contributed by atoms with van der Waals surface area (Å²) in [5.74, 6) is -0.401. The fourth-order valence-corrected chi connectivity index (χ4v) is 4.44. The van der Waals surface area contributed by atoms with E-state index in [9.17, 15) is 10.1 Å². The van der Waals surface area contributed by atoms with Crippen LogP contribution in [0.2, 0.25) is 0 Å². The highest BCUT2D eigenvalue weighted by Gasteiger charge is 2.13. The van der Waals surface area contributed by atoms with Crippen molar-refractivity contribution in [2.24, 2.45) is 5.22 Å². The number of carbonyl (C=O) groups is 1. The van der Waals surface area contributed by atoms with Gasteiger partial charge in [-0.1, -0.05) is 12.1 Å². The van der Waals surface area contributed by atoms with Gasteiger partial charge in [-0.05, 0) is 80.4 Å². The van der Waals surface area contributed by atoms with Crippen molar-refractivity contribution in [1.29, 1.82) is 10.8 Å². The lowest BCUT2D eigenvalue weighted by Gasteiger charge is -2.25. The molecule has 0 aliphatic rings. The number of nitriles is 1. The van der Waals surface area contributed by atoms with Crippen molar-refractivity contribution in [3.05, 3.63) is 65.5 Å². The first-order valence-electron chi connectivity index (χ1n) is 12.2. The zero-order chi connectivity index (χ0) is 25.5. The van der Waals surface area contributed by atoms with Gasteiger partial charge >= 0.3 is 5.91 Å². The van der Waals surface area contributed by atoms with Crippen LogP contribution in [-0.2, 0) is 6.42 Å². The van der Waals surface area contributed by atoms with Gasteiger partial charge in [0.05, 0.1) is 11.6 Å². The topological polar surface area (TPSA) is 125 Å². The van der Waals surface area contributed by atoms with Crippen LogP contribution in [0.15, 0.2) is 58.3 Å². The Balaban J connectivity index is 1.27. The quantitative estimate of drug-likeness (QED) is 0.144. The summed E-state index contributed by atoms with van der Waals surface area (Å²) in [6.45, 7) is 6.05. The number of hydrogen-bond donors (Lipinski definition) is 3. The van der Waals surface area contributed by atoms with E-state index in [0.29, 0.717) is 11.1 Å². The van der Waals surface area contributed by atoms with Crippen molar-refractivity contribution in [3.8, 4) is 6.07 Å². The van der Waals surface area contributed by atoms with Crippen molar-refractivity contribution in [2.45, 2.75) is 26.2 Å². The number of nitrogens with zero attached hydrogens (tertiary/aromatic N) is 4. The van der Waals surface area contributed by atoms with Gasteiger partial charge in [0, 0.05) is 48.3 Å². The summed E-state index contributed by atoms with van der Waals surface area (Å²) in [6.07, 6.45) is 5.26. The molecule has 36 heavy (non-hydrogen) atoms. The Morgan fingerprint density at radius 3 is 2.81 bits per heavy atom. The Bertz CT molecular complexity index is 1400. The molecule has 0 saturated heterocycles. The van der Waals surface area contributed by atoms with E-state index in [1.807, 2.05) is 36.4 Å². The van der Waals surface area contributed by atoms with Gasteiger partial charge in [-0.2, -0.15) is 10.8 Å². The molecule has 0 aliphatic carbocycles. The molecule has 9 heteroatoms. The smallest absolute Gasteiger partial charge is 0.308 e. The average molecular weight is 486 g/mol. The van der Waals surface area contributed by atoms with Crippen LogP contribution >= 0.6 is 0 Å². The predicted octanol–water partition coefficient (Wildman–Crippen LogP) is 5.24. The number of unbranched alkanes of at least 4 members (excludes halogenated alkanes) is 1. The second-order valence-electron chi connectivity index (χ2n) is 8.88. The highest BCUT2D eigenvalue weighted by Crippen LogP contribution is 2.25. The summed E-state index contributed by atoms with van der Waals surface area (Å²) in [7, 11) is 2.06. The first kappa shape index (κ1) is 24.9.